The Kier molecular flexibility index (Phi) is 3.78. The maximum Gasteiger partial charge on any atom is 0.203 e. The van der Waals surface area contributed by atoms with Crippen molar-refractivity contribution in [2.45, 2.75) is 19.4 Å². The predicted octanol–water partition coefficient (Wildman–Crippen LogP) is 3.50. The molecule has 1 fully saturated rings. The molecule has 0 unspecified atom stereocenters. The van der Waals surface area contributed by atoms with Crippen LogP contribution in [0.1, 0.15) is 24.4 Å². The molecule has 1 aliphatic rings. The van der Waals surface area contributed by atoms with E-state index in [1.54, 1.807) is 12.1 Å². The molecule has 0 amide bonds. The molecule has 0 radical (unpaired) electrons. The van der Waals surface area contributed by atoms with Gasteiger partial charge in [-0.15, -0.1) is 0 Å². The summed E-state index contributed by atoms with van der Waals surface area (Å²) < 4.78 is 19.4. The molecule has 3 rings (SSSR count). The molecule has 1 aliphatic heterocycles. The van der Waals surface area contributed by atoms with Crippen molar-refractivity contribution in [2.75, 3.05) is 23.3 Å². The van der Waals surface area contributed by atoms with E-state index in [-0.39, 0.29) is 11.6 Å². The summed E-state index contributed by atoms with van der Waals surface area (Å²) in [5, 5.41) is 11.8. The van der Waals surface area contributed by atoms with Crippen molar-refractivity contribution in [1.82, 2.24) is 0 Å². The summed E-state index contributed by atoms with van der Waals surface area (Å²) in [5.41, 5.74) is 1.37. The summed E-state index contributed by atoms with van der Waals surface area (Å²) in [6, 6.07) is 10.5. The first kappa shape index (κ1) is 13.5. The molecule has 21 heavy (non-hydrogen) atoms. The van der Waals surface area contributed by atoms with E-state index in [0.717, 1.165) is 25.9 Å². The van der Waals surface area contributed by atoms with Crippen LogP contribution in [-0.4, -0.2) is 13.1 Å². The molecule has 108 valence electrons. The van der Waals surface area contributed by atoms with Crippen molar-refractivity contribution in [3.63, 3.8) is 0 Å². The number of anilines is 2. The average molecular weight is 285 g/mol. The second-order valence-corrected chi connectivity index (χ2v) is 5.09. The lowest BCUT2D eigenvalue weighted by atomic mass is 10.2. The SMILES string of the molecule is N#Cc1ccc(CNc2ccc(N3CCCC3)c(F)c2)o1. The van der Waals surface area contributed by atoms with Crippen LogP contribution in [0.3, 0.4) is 0 Å². The van der Waals surface area contributed by atoms with Crippen LogP contribution >= 0.6 is 0 Å². The summed E-state index contributed by atoms with van der Waals surface area (Å²) in [7, 11) is 0. The molecule has 0 aliphatic carbocycles. The van der Waals surface area contributed by atoms with Gasteiger partial charge < -0.3 is 14.6 Å². The highest BCUT2D eigenvalue weighted by Crippen LogP contribution is 2.26. The zero-order chi connectivity index (χ0) is 14.7. The number of nitrogens with one attached hydrogen (secondary N) is 1. The van der Waals surface area contributed by atoms with Crippen molar-refractivity contribution < 1.29 is 8.81 Å². The Balaban J connectivity index is 1.66. The lowest BCUT2D eigenvalue weighted by Gasteiger charge is -2.18. The predicted molar refractivity (Wildman–Crippen MR) is 78.6 cm³/mol. The maximum absolute atomic E-state index is 14.1. The van der Waals surface area contributed by atoms with E-state index in [2.05, 4.69) is 10.2 Å². The Morgan fingerprint density at radius 2 is 2.05 bits per heavy atom. The van der Waals surface area contributed by atoms with E-state index in [0.29, 0.717) is 23.7 Å². The number of hydrogen-bond donors (Lipinski definition) is 1. The Morgan fingerprint density at radius 3 is 2.71 bits per heavy atom. The molecule has 1 aromatic heterocycles. The van der Waals surface area contributed by atoms with E-state index in [1.165, 1.54) is 6.07 Å². The van der Waals surface area contributed by atoms with Crippen LogP contribution in [0.25, 0.3) is 0 Å². The normalized spacial score (nSPS) is 14.2. The Hall–Kier alpha value is -2.48. The lowest BCUT2D eigenvalue weighted by Crippen LogP contribution is -2.18. The third-order valence-corrected chi connectivity index (χ3v) is 3.63. The second-order valence-electron chi connectivity index (χ2n) is 5.09. The molecule has 5 heteroatoms. The van der Waals surface area contributed by atoms with Gasteiger partial charge >= 0.3 is 0 Å². The first-order valence-corrected chi connectivity index (χ1v) is 7.03. The van der Waals surface area contributed by atoms with Crippen molar-refractivity contribution >= 4 is 11.4 Å². The van der Waals surface area contributed by atoms with Gasteiger partial charge in [0.05, 0.1) is 12.2 Å². The molecule has 1 saturated heterocycles. The van der Waals surface area contributed by atoms with Gasteiger partial charge in [0.1, 0.15) is 17.6 Å². The fraction of sp³-hybridized carbons (Fsp3) is 0.312. The summed E-state index contributed by atoms with van der Waals surface area (Å²) >= 11 is 0. The number of benzene rings is 1. The number of halogens is 1. The molecule has 0 spiro atoms. The minimum absolute atomic E-state index is 0.209. The summed E-state index contributed by atoms with van der Waals surface area (Å²) in [5.74, 6) is 0.719. The number of nitriles is 1. The molecule has 2 aromatic rings. The number of furan rings is 1. The molecule has 0 saturated carbocycles. The second kappa shape index (κ2) is 5.88. The molecular weight excluding hydrogens is 269 g/mol. The third kappa shape index (κ3) is 3.00. The van der Waals surface area contributed by atoms with Crippen LogP contribution in [0.2, 0.25) is 0 Å². The van der Waals surface area contributed by atoms with Crippen molar-refractivity contribution in [3.8, 4) is 6.07 Å². The molecular formula is C16H16FN3O. The average Bonchev–Trinajstić information content (AvgIpc) is 3.16. The van der Waals surface area contributed by atoms with E-state index in [1.807, 2.05) is 18.2 Å². The smallest absolute Gasteiger partial charge is 0.203 e. The van der Waals surface area contributed by atoms with Crippen molar-refractivity contribution in [1.29, 1.82) is 5.26 Å². The highest BCUT2D eigenvalue weighted by atomic mass is 19.1. The van der Waals surface area contributed by atoms with Crippen LogP contribution in [0.15, 0.2) is 34.7 Å². The van der Waals surface area contributed by atoms with Gasteiger partial charge in [0.2, 0.25) is 5.76 Å². The first-order chi connectivity index (χ1) is 10.3. The van der Waals surface area contributed by atoms with E-state index in [9.17, 15) is 4.39 Å². The van der Waals surface area contributed by atoms with Crippen LogP contribution < -0.4 is 10.2 Å². The van der Waals surface area contributed by atoms with Crippen LogP contribution in [0.5, 0.6) is 0 Å². The van der Waals surface area contributed by atoms with Gasteiger partial charge in [-0.25, -0.2) is 4.39 Å². The minimum atomic E-state index is -0.209. The molecule has 4 nitrogen and oxygen atoms in total. The van der Waals surface area contributed by atoms with Gasteiger partial charge in [0, 0.05) is 18.8 Å². The zero-order valence-electron chi connectivity index (χ0n) is 11.6. The Morgan fingerprint density at radius 1 is 1.24 bits per heavy atom. The molecule has 2 heterocycles. The van der Waals surface area contributed by atoms with Crippen molar-refractivity contribution in [3.05, 3.63) is 47.7 Å². The molecule has 1 aromatic carbocycles. The van der Waals surface area contributed by atoms with Crippen LogP contribution in [-0.2, 0) is 6.54 Å². The van der Waals surface area contributed by atoms with Gasteiger partial charge in [-0.2, -0.15) is 5.26 Å². The standard InChI is InChI=1S/C16H16FN3O/c17-15-9-12(3-6-16(15)20-7-1-2-8-20)19-11-14-5-4-13(10-18)21-14/h3-6,9,19H,1-2,7-8,11H2. The van der Waals surface area contributed by atoms with Crippen LogP contribution in [0.4, 0.5) is 15.8 Å². The van der Waals surface area contributed by atoms with Gasteiger partial charge in [-0.3, -0.25) is 0 Å². The summed E-state index contributed by atoms with van der Waals surface area (Å²) in [4.78, 5) is 2.07. The van der Waals surface area contributed by atoms with Gasteiger partial charge in [-0.05, 0) is 43.2 Å². The van der Waals surface area contributed by atoms with Gasteiger partial charge in [-0.1, -0.05) is 0 Å². The number of nitrogens with zero attached hydrogens (tertiary/aromatic N) is 2. The van der Waals surface area contributed by atoms with E-state index < -0.39 is 0 Å². The fourth-order valence-corrected chi connectivity index (χ4v) is 2.55. The fourth-order valence-electron chi connectivity index (χ4n) is 2.55. The molecule has 0 bridgehead atoms. The third-order valence-electron chi connectivity index (χ3n) is 3.63. The highest BCUT2D eigenvalue weighted by molar-refractivity contribution is 5.56. The van der Waals surface area contributed by atoms with Gasteiger partial charge in [0.25, 0.3) is 0 Å². The van der Waals surface area contributed by atoms with Crippen molar-refractivity contribution in [2.24, 2.45) is 0 Å². The quantitative estimate of drug-likeness (QED) is 0.934. The minimum Gasteiger partial charge on any atom is -0.449 e. The Bertz CT molecular complexity index is 668. The Labute approximate surface area is 122 Å². The molecule has 1 N–H and O–H groups in total. The molecule has 0 atom stereocenters. The topological polar surface area (TPSA) is 52.2 Å². The summed E-state index contributed by atoms with van der Waals surface area (Å²) in [6.07, 6.45) is 2.25. The van der Waals surface area contributed by atoms with E-state index >= 15 is 0 Å². The first-order valence-electron chi connectivity index (χ1n) is 7.03. The zero-order valence-corrected chi connectivity index (χ0v) is 11.6. The van der Waals surface area contributed by atoms with E-state index in [4.69, 9.17) is 9.68 Å². The number of rotatable bonds is 4. The maximum atomic E-state index is 14.1. The van der Waals surface area contributed by atoms with Crippen LogP contribution in [0, 0.1) is 17.1 Å². The lowest BCUT2D eigenvalue weighted by molar-refractivity contribution is 0.506. The largest absolute Gasteiger partial charge is 0.449 e. The number of hydrogen-bond acceptors (Lipinski definition) is 4. The van der Waals surface area contributed by atoms with Gasteiger partial charge in [0.15, 0.2) is 0 Å². The monoisotopic (exact) mass is 285 g/mol. The highest BCUT2D eigenvalue weighted by Gasteiger charge is 2.16. The summed E-state index contributed by atoms with van der Waals surface area (Å²) in [6.45, 7) is 2.27.